The van der Waals surface area contributed by atoms with Crippen molar-refractivity contribution in [2.75, 3.05) is 57.1 Å². The van der Waals surface area contributed by atoms with Gasteiger partial charge in [0.15, 0.2) is 0 Å². The lowest BCUT2D eigenvalue weighted by atomic mass is 10.1. The number of anilines is 2. The number of hydrogen-bond acceptors (Lipinski definition) is 6. The van der Waals surface area contributed by atoms with E-state index in [0.29, 0.717) is 6.04 Å². The van der Waals surface area contributed by atoms with Crippen molar-refractivity contribution in [1.29, 1.82) is 0 Å². The van der Waals surface area contributed by atoms with Gasteiger partial charge in [-0.1, -0.05) is 0 Å². The molecule has 2 aromatic rings. The highest BCUT2D eigenvalue weighted by Gasteiger charge is 2.31. The molecule has 0 atom stereocenters. The SMILES string of the molecule is CN1CCN(c2cnn(C3CN(Cc4cnc(N(C)C)nc4)C3)c2)C1=O. The second-order valence-corrected chi connectivity index (χ2v) is 7.17. The normalized spacial score (nSPS) is 18.5. The molecule has 9 heteroatoms. The molecule has 2 aromatic heterocycles. The molecule has 2 fully saturated rings. The molecule has 0 N–H and O–H groups in total. The number of nitrogens with zero attached hydrogens (tertiary/aromatic N) is 8. The molecule has 2 aliphatic heterocycles. The summed E-state index contributed by atoms with van der Waals surface area (Å²) in [6, 6.07) is 0.391. The fourth-order valence-electron chi connectivity index (χ4n) is 3.31. The van der Waals surface area contributed by atoms with Gasteiger partial charge < -0.3 is 9.80 Å². The molecule has 2 saturated heterocycles. The van der Waals surface area contributed by atoms with Crippen LogP contribution in [0, 0.1) is 0 Å². The Morgan fingerprint density at radius 2 is 1.88 bits per heavy atom. The number of carbonyl (C=O) groups is 1. The van der Waals surface area contributed by atoms with E-state index < -0.39 is 0 Å². The van der Waals surface area contributed by atoms with Crippen LogP contribution in [0.15, 0.2) is 24.8 Å². The van der Waals surface area contributed by atoms with Crippen molar-refractivity contribution in [2.24, 2.45) is 0 Å². The molecule has 0 radical (unpaired) electrons. The van der Waals surface area contributed by atoms with Gasteiger partial charge in [-0.2, -0.15) is 5.10 Å². The zero-order valence-corrected chi connectivity index (χ0v) is 15.4. The van der Waals surface area contributed by atoms with Crippen molar-refractivity contribution in [3.8, 4) is 0 Å². The van der Waals surface area contributed by atoms with E-state index in [4.69, 9.17) is 0 Å². The minimum absolute atomic E-state index is 0.0426. The smallest absolute Gasteiger partial charge is 0.324 e. The minimum atomic E-state index is 0.0426. The Labute approximate surface area is 152 Å². The summed E-state index contributed by atoms with van der Waals surface area (Å²) in [7, 11) is 5.69. The van der Waals surface area contributed by atoms with Crippen LogP contribution >= 0.6 is 0 Å². The van der Waals surface area contributed by atoms with E-state index in [1.165, 1.54) is 0 Å². The van der Waals surface area contributed by atoms with Crippen LogP contribution in [0.2, 0.25) is 0 Å². The molecule has 0 bridgehead atoms. The van der Waals surface area contributed by atoms with Crippen molar-refractivity contribution in [1.82, 2.24) is 29.5 Å². The molecule has 2 amide bonds. The Morgan fingerprint density at radius 1 is 1.15 bits per heavy atom. The summed E-state index contributed by atoms with van der Waals surface area (Å²) in [5.41, 5.74) is 1.99. The van der Waals surface area contributed by atoms with Crippen LogP contribution < -0.4 is 9.80 Å². The second kappa shape index (κ2) is 6.56. The third-order valence-corrected chi connectivity index (χ3v) is 4.93. The summed E-state index contributed by atoms with van der Waals surface area (Å²) in [4.78, 5) is 28.5. The summed E-state index contributed by atoms with van der Waals surface area (Å²) in [6.45, 7) is 4.19. The first-order chi connectivity index (χ1) is 12.5. The first-order valence-electron chi connectivity index (χ1n) is 8.78. The van der Waals surface area contributed by atoms with Gasteiger partial charge in [-0.25, -0.2) is 14.8 Å². The zero-order valence-electron chi connectivity index (χ0n) is 15.4. The van der Waals surface area contributed by atoms with Crippen molar-refractivity contribution in [3.05, 3.63) is 30.4 Å². The summed E-state index contributed by atoms with van der Waals surface area (Å²) < 4.78 is 1.98. The summed E-state index contributed by atoms with van der Waals surface area (Å²) in [6.07, 6.45) is 7.54. The van der Waals surface area contributed by atoms with Gasteiger partial charge in [-0.3, -0.25) is 14.5 Å². The number of aromatic nitrogens is 4. The molecule has 0 aliphatic carbocycles. The number of carbonyl (C=O) groups excluding carboxylic acids is 1. The number of rotatable bonds is 5. The largest absolute Gasteiger partial charge is 0.347 e. The molecule has 2 aliphatic rings. The molecule has 0 aromatic carbocycles. The van der Waals surface area contributed by atoms with Gasteiger partial charge in [-0.15, -0.1) is 0 Å². The molecule has 138 valence electrons. The van der Waals surface area contributed by atoms with Gasteiger partial charge in [0.2, 0.25) is 5.95 Å². The van der Waals surface area contributed by atoms with Gasteiger partial charge in [0.25, 0.3) is 0 Å². The molecule has 0 saturated carbocycles. The highest BCUT2D eigenvalue weighted by atomic mass is 16.2. The Morgan fingerprint density at radius 3 is 2.50 bits per heavy atom. The van der Waals surface area contributed by atoms with Crippen LogP contribution in [-0.2, 0) is 6.54 Å². The molecule has 4 rings (SSSR count). The first-order valence-corrected chi connectivity index (χ1v) is 8.78. The number of likely N-dealkylation sites (N-methyl/N-ethyl adjacent to an activating group) is 1. The fourth-order valence-corrected chi connectivity index (χ4v) is 3.31. The van der Waals surface area contributed by atoms with Crippen molar-refractivity contribution < 1.29 is 4.79 Å². The Kier molecular flexibility index (Phi) is 4.23. The van der Waals surface area contributed by atoms with Crippen molar-refractivity contribution >= 4 is 17.7 Å². The van der Waals surface area contributed by atoms with E-state index >= 15 is 0 Å². The van der Waals surface area contributed by atoms with Gasteiger partial charge >= 0.3 is 6.03 Å². The lowest BCUT2D eigenvalue weighted by Gasteiger charge is -2.39. The van der Waals surface area contributed by atoms with E-state index in [1.807, 2.05) is 49.3 Å². The predicted octanol–water partition coefficient (Wildman–Crippen LogP) is 0.668. The first kappa shape index (κ1) is 16.8. The molecule has 9 nitrogen and oxygen atoms in total. The topological polar surface area (TPSA) is 73.6 Å². The molecule has 4 heterocycles. The number of amides is 2. The van der Waals surface area contributed by atoms with E-state index in [0.717, 1.165) is 49.9 Å². The summed E-state index contributed by atoms with van der Waals surface area (Å²) >= 11 is 0. The Hall–Kier alpha value is -2.68. The van der Waals surface area contributed by atoms with E-state index in [-0.39, 0.29) is 6.03 Å². The molecule has 26 heavy (non-hydrogen) atoms. The number of urea groups is 1. The van der Waals surface area contributed by atoms with Crippen LogP contribution in [0.1, 0.15) is 11.6 Å². The quantitative estimate of drug-likeness (QED) is 0.784. The van der Waals surface area contributed by atoms with Crippen molar-refractivity contribution in [3.63, 3.8) is 0 Å². The molecule has 0 unspecified atom stereocenters. The van der Waals surface area contributed by atoms with Crippen LogP contribution in [0.4, 0.5) is 16.4 Å². The third kappa shape index (κ3) is 3.10. The van der Waals surface area contributed by atoms with Crippen LogP contribution in [0.3, 0.4) is 0 Å². The van der Waals surface area contributed by atoms with Gasteiger partial charge in [0, 0.05) is 78.0 Å². The Balaban J connectivity index is 1.32. The number of likely N-dealkylation sites (tertiary alicyclic amines) is 1. The monoisotopic (exact) mass is 356 g/mol. The standard InChI is InChI=1S/C17H24N8O/c1-21(2)16-18-6-13(7-19-16)9-23-10-15(11-23)25-12-14(8-20-25)24-5-4-22(3)17(24)26/h6-8,12,15H,4-5,9-11H2,1-3H3. The third-order valence-electron chi connectivity index (χ3n) is 4.93. The van der Waals surface area contributed by atoms with Crippen LogP contribution in [-0.4, -0.2) is 82.9 Å². The lowest BCUT2D eigenvalue weighted by molar-refractivity contribution is 0.0907. The maximum Gasteiger partial charge on any atom is 0.324 e. The van der Waals surface area contributed by atoms with E-state index in [9.17, 15) is 4.79 Å². The Bertz CT molecular complexity index is 780. The van der Waals surface area contributed by atoms with Gasteiger partial charge in [0.1, 0.15) is 0 Å². The average Bonchev–Trinajstić information content (AvgIpc) is 3.19. The van der Waals surface area contributed by atoms with Gasteiger partial charge in [0.05, 0.1) is 17.9 Å². The predicted molar refractivity (Wildman–Crippen MR) is 98.3 cm³/mol. The summed E-state index contributed by atoms with van der Waals surface area (Å²) in [5.74, 6) is 0.724. The molecular weight excluding hydrogens is 332 g/mol. The fraction of sp³-hybridized carbons (Fsp3) is 0.529. The maximum atomic E-state index is 12.1. The average molecular weight is 356 g/mol. The maximum absolute atomic E-state index is 12.1. The number of hydrogen-bond donors (Lipinski definition) is 0. The van der Waals surface area contributed by atoms with Crippen LogP contribution in [0.5, 0.6) is 0 Å². The minimum Gasteiger partial charge on any atom is -0.347 e. The van der Waals surface area contributed by atoms with Crippen molar-refractivity contribution in [2.45, 2.75) is 12.6 Å². The lowest BCUT2D eigenvalue weighted by Crippen LogP contribution is -2.47. The highest BCUT2D eigenvalue weighted by Crippen LogP contribution is 2.26. The molecular formula is C17H24N8O. The highest BCUT2D eigenvalue weighted by molar-refractivity contribution is 5.93. The zero-order chi connectivity index (χ0) is 18.3. The second-order valence-electron chi connectivity index (χ2n) is 7.17. The summed E-state index contributed by atoms with van der Waals surface area (Å²) in [5, 5.41) is 4.46. The van der Waals surface area contributed by atoms with E-state index in [1.54, 1.807) is 16.0 Å². The molecule has 0 spiro atoms. The van der Waals surface area contributed by atoms with E-state index in [2.05, 4.69) is 20.0 Å². The van der Waals surface area contributed by atoms with Gasteiger partial charge in [-0.05, 0) is 0 Å². The van der Waals surface area contributed by atoms with Crippen LogP contribution in [0.25, 0.3) is 0 Å².